The summed E-state index contributed by atoms with van der Waals surface area (Å²) < 4.78 is 5.21. The zero-order chi connectivity index (χ0) is 10.1. The maximum atomic E-state index is 5.62. The van der Waals surface area contributed by atoms with Crippen molar-refractivity contribution in [2.75, 3.05) is 13.2 Å². The summed E-state index contributed by atoms with van der Waals surface area (Å²) in [5, 5.41) is 1.17. The number of hydrogen-bond donors (Lipinski definition) is 0. The fourth-order valence-electron chi connectivity index (χ4n) is 0.551. The van der Waals surface area contributed by atoms with E-state index < -0.39 is 0 Å². The van der Waals surface area contributed by atoms with Crippen molar-refractivity contribution in [1.82, 2.24) is 0 Å². The minimum atomic E-state index is 0.536. The zero-order valence-corrected chi connectivity index (χ0v) is 9.93. The van der Waals surface area contributed by atoms with Crippen LogP contribution in [0.15, 0.2) is 21.1 Å². The van der Waals surface area contributed by atoms with E-state index in [4.69, 9.17) is 51.1 Å². The van der Waals surface area contributed by atoms with E-state index in [9.17, 15) is 0 Å². The Morgan fingerprint density at radius 3 is 1.62 bits per heavy atom. The second-order valence-electron chi connectivity index (χ2n) is 2.22. The molecule has 5 heteroatoms. The molecule has 13 heavy (non-hydrogen) atoms. The molecule has 0 heterocycles. The molecule has 0 spiro atoms. The van der Waals surface area contributed by atoms with Gasteiger partial charge in [-0.2, -0.15) is 0 Å². The summed E-state index contributed by atoms with van der Waals surface area (Å²) >= 11 is 21.9. The van der Waals surface area contributed by atoms with Crippen molar-refractivity contribution in [3.8, 4) is 0 Å². The first kappa shape index (κ1) is 13.6. The highest BCUT2D eigenvalue weighted by Gasteiger charge is 1.94. The standard InChI is InChI=1S/C8H10Cl4O/c9-5-7(11)1-3-13-4-2-8(12)6-10/h5-6H,1-4H2. The third-order valence-electron chi connectivity index (χ3n) is 1.21. The molecule has 0 aromatic carbocycles. The lowest BCUT2D eigenvalue weighted by Gasteiger charge is -2.01. The Kier molecular flexibility index (Phi) is 9.59. The topological polar surface area (TPSA) is 9.23 Å². The van der Waals surface area contributed by atoms with Gasteiger partial charge in [-0.3, -0.25) is 0 Å². The van der Waals surface area contributed by atoms with Crippen molar-refractivity contribution in [3.05, 3.63) is 21.1 Å². The summed E-state index contributed by atoms with van der Waals surface area (Å²) in [4.78, 5) is 0. The summed E-state index contributed by atoms with van der Waals surface area (Å²) in [6.45, 7) is 1.07. The van der Waals surface area contributed by atoms with Crippen LogP contribution in [0.4, 0.5) is 0 Å². The van der Waals surface area contributed by atoms with Crippen molar-refractivity contribution < 1.29 is 4.74 Å². The molecule has 0 fully saturated rings. The molecule has 1 nitrogen and oxygen atoms in total. The molecular formula is C8H10Cl4O. The van der Waals surface area contributed by atoms with Gasteiger partial charge in [-0.25, -0.2) is 0 Å². The van der Waals surface area contributed by atoms with E-state index >= 15 is 0 Å². The van der Waals surface area contributed by atoms with Gasteiger partial charge in [0.1, 0.15) is 0 Å². The summed E-state index contributed by atoms with van der Waals surface area (Å²) in [6.07, 6.45) is 1.24. The van der Waals surface area contributed by atoms with Crippen molar-refractivity contribution in [3.63, 3.8) is 0 Å². The van der Waals surface area contributed by atoms with E-state index in [-0.39, 0.29) is 0 Å². The van der Waals surface area contributed by atoms with E-state index in [0.29, 0.717) is 36.1 Å². The SMILES string of the molecule is ClC=C(Cl)CCOCCC(Cl)=CCl. The minimum absolute atomic E-state index is 0.536. The molecule has 0 atom stereocenters. The van der Waals surface area contributed by atoms with Gasteiger partial charge in [-0.15, -0.1) is 0 Å². The van der Waals surface area contributed by atoms with Crippen LogP contribution in [-0.4, -0.2) is 13.2 Å². The van der Waals surface area contributed by atoms with Crippen molar-refractivity contribution in [1.29, 1.82) is 0 Å². The van der Waals surface area contributed by atoms with Crippen LogP contribution >= 0.6 is 46.4 Å². The molecule has 0 saturated carbocycles. The van der Waals surface area contributed by atoms with Gasteiger partial charge in [0, 0.05) is 34.0 Å². The fourth-order valence-corrected chi connectivity index (χ4v) is 0.923. The molecule has 0 N–H and O–H groups in total. The molecule has 0 aromatic heterocycles. The fraction of sp³-hybridized carbons (Fsp3) is 0.500. The Balaban J connectivity index is 3.27. The van der Waals surface area contributed by atoms with E-state index in [0.717, 1.165) is 0 Å². The molecule has 0 aliphatic rings. The maximum absolute atomic E-state index is 5.62. The summed E-state index contributed by atoms with van der Waals surface area (Å²) in [5.74, 6) is 0. The van der Waals surface area contributed by atoms with E-state index in [1.165, 1.54) is 11.1 Å². The van der Waals surface area contributed by atoms with Gasteiger partial charge in [0.05, 0.1) is 13.2 Å². The van der Waals surface area contributed by atoms with Crippen LogP contribution in [0.3, 0.4) is 0 Å². The highest BCUT2D eigenvalue weighted by atomic mass is 35.5. The molecule has 0 aliphatic heterocycles. The molecule has 0 bridgehead atoms. The van der Waals surface area contributed by atoms with E-state index in [2.05, 4.69) is 0 Å². The van der Waals surface area contributed by atoms with E-state index in [1.807, 2.05) is 0 Å². The third kappa shape index (κ3) is 8.92. The first-order valence-corrected chi connectivity index (χ1v) is 5.31. The predicted molar refractivity (Wildman–Crippen MR) is 59.6 cm³/mol. The van der Waals surface area contributed by atoms with Crippen LogP contribution in [0.25, 0.3) is 0 Å². The zero-order valence-electron chi connectivity index (χ0n) is 6.90. The van der Waals surface area contributed by atoms with Crippen LogP contribution in [0.2, 0.25) is 0 Å². The number of hydrogen-bond acceptors (Lipinski definition) is 1. The molecule has 0 rings (SSSR count). The Morgan fingerprint density at radius 1 is 0.923 bits per heavy atom. The normalized spacial score (nSPS) is 13.5. The Bertz CT molecular complexity index is 169. The van der Waals surface area contributed by atoms with Crippen molar-refractivity contribution >= 4 is 46.4 Å². The first-order valence-electron chi connectivity index (χ1n) is 3.68. The number of halogens is 4. The van der Waals surface area contributed by atoms with Gasteiger partial charge in [-0.05, 0) is 0 Å². The van der Waals surface area contributed by atoms with Crippen LogP contribution in [0, 0.1) is 0 Å². The third-order valence-corrected chi connectivity index (χ3v) is 2.55. The smallest absolute Gasteiger partial charge is 0.0515 e. The quantitative estimate of drug-likeness (QED) is 0.645. The highest BCUT2D eigenvalue weighted by Crippen LogP contribution is 2.10. The molecule has 0 radical (unpaired) electrons. The summed E-state index contributed by atoms with van der Waals surface area (Å²) in [5.41, 5.74) is 2.66. The van der Waals surface area contributed by atoms with Crippen LogP contribution in [-0.2, 0) is 4.74 Å². The van der Waals surface area contributed by atoms with Crippen molar-refractivity contribution in [2.24, 2.45) is 0 Å². The lowest BCUT2D eigenvalue weighted by Crippen LogP contribution is -1.96. The number of ether oxygens (including phenoxy) is 1. The predicted octanol–water partition coefficient (Wildman–Crippen LogP) is 4.42. The second-order valence-corrected chi connectivity index (χ2v) is 3.63. The van der Waals surface area contributed by atoms with Crippen LogP contribution in [0.5, 0.6) is 0 Å². The molecule has 76 valence electrons. The molecule has 0 unspecified atom stereocenters. The average Bonchev–Trinajstić information content (AvgIpc) is 2.16. The monoisotopic (exact) mass is 262 g/mol. The minimum Gasteiger partial charge on any atom is -0.381 e. The molecular weight excluding hydrogens is 254 g/mol. The highest BCUT2D eigenvalue weighted by molar-refractivity contribution is 6.36. The van der Waals surface area contributed by atoms with Crippen molar-refractivity contribution in [2.45, 2.75) is 12.8 Å². The van der Waals surface area contributed by atoms with Crippen LogP contribution in [0.1, 0.15) is 12.8 Å². The molecule has 0 saturated heterocycles. The van der Waals surface area contributed by atoms with E-state index in [1.54, 1.807) is 0 Å². The second kappa shape index (κ2) is 9.17. The van der Waals surface area contributed by atoms with Gasteiger partial charge in [-0.1, -0.05) is 46.4 Å². The largest absolute Gasteiger partial charge is 0.381 e. The van der Waals surface area contributed by atoms with Crippen LogP contribution < -0.4 is 0 Å². The first-order chi connectivity index (χ1) is 6.20. The average molecular weight is 264 g/mol. The molecule has 0 aliphatic carbocycles. The maximum Gasteiger partial charge on any atom is 0.0515 e. The molecule has 0 amide bonds. The lowest BCUT2D eigenvalue weighted by molar-refractivity contribution is 0.142. The number of rotatable bonds is 6. The Labute approximate surface area is 98.2 Å². The Morgan fingerprint density at radius 2 is 1.31 bits per heavy atom. The van der Waals surface area contributed by atoms with Gasteiger partial charge < -0.3 is 4.74 Å². The van der Waals surface area contributed by atoms with Gasteiger partial charge in [0.15, 0.2) is 0 Å². The molecule has 0 aromatic rings. The summed E-state index contributed by atoms with van der Waals surface area (Å²) in [6, 6.07) is 0. The summed E-state index contributed by atoms with van der Waals surface area (Å²) in [7, 11) is 0. The van der Waals surface area contributed by atoms with Gasteiger partial charge in [0.25, 0.3) is 0 Å². The van der Waals surface area contributed by atoms with Gasteiger partial charge in [0.2, 0.25) is 0 Å². The van der Waals surface area contributed by atoms with Gasteiger partial charge >= 0.3 is 0 Å². The lowest BCUT2D eigenvalue weighted by atomic mass is 10.4. The Hall–Kier alpha value is 0.600.